The van der Waals surface area contributed by atoms with Crippen LogP contribution in [-0.2, 0) is 14.4 Å². The summed E-state index contributed by atoms with van der Waals surface area (Å²) in [7, 11) is 0. The van der Waals surface area contributed by atoms with Crippen molar-refractivity contribution in [2.45, 2.75) is 103 Å². The molecule has 3 amide bonds. The molecule has 2 aliphatic rings. The molecular weight excluding hydrogens is 472 g/mol. The topological polar surface area (TPSA) is 57.7 Å². The summed E-state index contributed by atoms with van der Waals surface area (Å²) < 4.78 is 0. The standard InChI is InChI=1S/C33H44N2O3/c1-3-4-5-6-7-8-9-10-11-12-19-24-28(36)34-25(2)29-30(31(34)26-20-15-13-16-21-26)33(38)35(32(29)37)27-22-17-14-18-23-27/h13-18,20-23,25,29-31H,3-12,19,24H2,1-2H3. The van der Waals surface area contributed by atoms with Crippen LogP contribution in [0.2, 0.25) is 0 Å². The van der Waals surface area contributed by atoms with Gasteiger partial charge in [0.25, 0.3) is 0 Å². The van der Waals surface area contributed by atoms with E-state index in [0.717, 1.165) is 24.8 Å². The third-order valence-corrected chi connectivity index (χ3v) is 8.43. The Bertz CT molecular complexity index is 1050. The van der Waals surface area contributed by atoms with Crippen LogP contribution in [-0.4, -0.2) is 28.7 Å². The zero-order valence-corrected chi connectivity index (χ0v) is 23.2. The maximum Gasteiger partial charge on any atom is 0.240 e. The summed E-state index contributed by atoms with van der Waals surface area (Å²) in [6, 6.07) is 18.2. The second kappa shape index (κ2) is 13.7. The number of fused-ring (bicyclic) bond motifs is 1. The van der Waals surface area contributed by atoms with Gasteiger partial charge in [0.2, 0.25) is 17.7 Å². The predicted octanol–water partition coefficient (Wildman–Crippen LogP) is 7.47. The lowest BCUT2D eigenvalue weighted by molar-refractivity contribution is -0.135. The minimum atomic E-state index is -0.554. The van der Waals surface area contributed by atoms with Gasteiger partial charge in [0, 0.05) is 12.5 Å². The van der Waals surface area contributed by atoms with Gasteiger partial charge in [-0.25, -0.2) is 4.90 Å². The van der Waals surface area contributed by atoms with Crippen LogP contribution in [0, 0.1) is 11.8 Å². The lowest BCUT2D eigenvalue weighted by atomic mass is 9.87. The molecule has 2 aromatic carbocycles. The van der Waals surface area contributed by atoms with Crippen LogP contribution in [0.15, 0.2) is 60.7 Å². The van der Waals surface area contributed by atoms with E-state index in [1.54, 1.807) is 12.1 Å². The van der Waals surface area contributed by atoms with E-state index in [4.69, 9.17) is 0 Å². The van der Waals surface area contributed by atoms with Gasteiger partial charge in [0.05, 0.1) is 23.6 Å². The van der Waals surface area contributed by atoms with Gasteiger partial charge in [-0.1, -0.05) is 120 Å². The molecule has 4 unspecified atom stereocenters. The quantitative estimate of drug-likeness (QED) is 0.193. The molecule has 5 heteroatoms. The van der Waals surface area contributed by atoms with Crippen LogP contribution in [0.5, 0.6) is 0 Å². The van der Waals surface area contributed by atoms with Crippen LogP contribution in [0.4, 0.5) is 5.69 Å². The lowest BCUT2D eigenvalue weighted by Crippen LogP contribution is -2.43. The molecule has 0 bridgehead atoms. The Hall–Kier alpha value is -2.95. The number of likely N-dealkylation sites (tertiary alicyclic amines) is 1. The minimum Gasteiger partial charge on any atom is -0.331 e. The molecule has 4 atom stereocenters. The highest BCUT2D eigenvalue weighted by atomic mass is 16.2. The summed E-state index contributed by atoms with van der Waals surface area (Å²) in [6.45, 7) is 4.19. The molecule has 2 fully saturated rings. The summed E-state index contributed by atoms with van der Waals surface area (Å²) in [5, 5.41) is 0. The van der Waals surface area contributed by atoms with Gasteiger partial charge in [-0.15, -0.1) is 0 Å². The number of nitrogens with zero attached hydrogens (tertiary/aromatic N) is 2. The molecule has 0 saturated carbocycles. The van der Waals surface area contributed by atoms with Crippen molar-refractivity contribution in [3.63, 3.8) is 0 Å². The van der Waals surface area contributed by atoms with Gasteiger partial charge in [-0.2, -0.15) is 0 Å². The van der Waals surface area contributed by atoms with Crippen molar-refractivity contribution in [3.05, 3.63) is 66.2 Å². The molecule has 2 aromatic rings. The first kappa shape index (κ1) is 28.1. The fourth-order valence-corrected chi connectivity index (χ4v) is 6.45. The van der Waals surface area contributed by atoms with Crippen LogP contribution >= 0.6 is 0 Å². The van der Waals surface area contributed by atoms with Crippen LogP contribution in [0.25, 0.3) is 0 Å². The largest absolute Gasteiger partial charge is 0.331 e. The number of para-hydroxylation sites is 1. The Balaban J connectivity index is 1.37. The normalized spacial score (nSPS) is 22.8. The number of hydrogen-bond donors (Lipinski definition) is 0. The molecule has 204 valence electrons. The SMILES string of the molecule is CCCCCCCCCCCCCC(=O)N1C(C)C2C(=O)N(c3ccccc3)C(=O)C2C1c1ccccc1. The molecule has 2 heterocycles. The molecule has 4 rings (SSSR count). The van der Waals surface area contributed by atoms with Crippen molar-refractivity contribution in [3.8, 4) is 0 Å². The third-order valence-electron chi connectivity index (χ3n) is 8.43. The van der Waals surface area contributed by atoms with E-state index in [9.17, 15) is 14.4 Å². The second-order valence-electron chi connectivity index (χ2n) is 11.1. The number of hydrogen-bond acceptors (Lipinski definition) is 3. The first-order valence-electron chi connectivity index (χ1n) is 14.8. The van der Waals surface area contributed by atoms with Crippen molar-refractivity contribution < 1.29 is 14.4 Å². The van der Waals surface area contributed by atoms with Crippen molar-refractivity contribution in [1.29, 1.82) is 0 Å². The van der Waals surface area contributed by atoms with Gasteiger partial charge in [-0.05, 0) is 31.0 Å². The van der Waals surface area contributed by atoms with Crippen molar-refractivity contribution >= 4 is 23.4 Å². The average Bonchev–Trinajstić information content (AvgIpc) is 3.39. The van der Waals surface area contributed by atoms with E-state index >= 15 is 0 Å². The van der Waals surface area contributed by atoms with Gasteiger partial charge in [0.15, 0.2) is 0 Å². The third kappa shape index (κ3) is 6.19. The molecule has 38 heavy (non-hydrogen) atoms. The maximum absolute atomic E-state index is 13.7. The molecule has 0 spiro atoms. The molecule has 5 nitrogen and oxygen atoms in total. The first-order chi connectivity index (χ1) is 18.6. The van der Waals surface area contributed by atoms with E-state index in [2.05, 4.69) is 6.92 Å². The average molecular weight is 517 g/mol. The summed E-state index contributed by atoms with van der Waals surface area (Å²) in [5.41, 5.74) is 1.53. The monoisotopic (exact) mass is 516 g/mol. The number of carbonyl (C=O) groups is 3. The van der Waals surface area contributed by atoms with E-state index in [-0.39, 0.29) is 23.8 Å². The van der Waals surface area contributed by atoms with Gasteiger partial charge < -0.3 is 4.90 Å². The van der Waals surface area contributed by atoms with Gasteiger partial charge in [-0.3, -0.25) is 14.4 Å². The molecule has 0 radical (unpaired) electrons. The number of unbranched alkanes of at least 4 members (excludes halogenated alkanes) is 10. The Kier molecular flexibility index (Phi) is 10.1. The Morgan fingerprint density at radius 2 is 1.18 bits per heavy atom. The number of rotatable bonds is 14. The van der Waals surface area contributed by atoms with Crippen LogP contribution < -0.4 is 4.90 Å². The van der Waals surface area contributed by atoms with Crippen molar-refractivity contribution in [2.24, 2.45) is 11.8 Å². The Morgan fingerprint density at radius 3 is 1.76 bits per heavy atom. The molecule has 0 N–H and O–H groups in total. The summed E-state index contributed by atoms with van der Waals surface area (Å²) in [4.78, 5) is 44.1. The highest BCUT2D eigenvalue weighted by molar-refractivity contribution is 6.23. The number of imide groups is 1. The molecule has 2 aliphatic heterocycles. The summed E-state index contributed by atoms with van der Waals surface area (Å²) >= 11 is 0. The number of benzene rings is 2. The van der Waals surface area contributed by atoms with Gasteiger partial charge >= 0.3 is 0 Å². The second-order valence-corrected chi connectivity index (χ2v) is 11.1. The zero-order valence-electron chi connectivity index (χ0n) is 23.2. The van der Waals surface area contributed by atoms with Crippen molar-refractivity contribution in [2.75, 3.05) is 4.90 Å². The van der Waals surface area contributed by atoms with E-state index in [1.807, 2.05) is 60.4 Å². The van der Waals surface area contributed by atoms with Crippen molar-refractivity contribution in [1.82, 2.24) is 4.90 Å². The Labute approximate surface area is 228 Å². The molecule has 0 aromatic heterocycles. The molecular formula is C33H44N2O3. The first-order valence-corrected chi connectivity index (χ1v) is 14.8. The summed E-state index contributed by atoms with van der Waals surface area (Å²) in [5.74, 6) is -1.40. The number of anilines is 1. The van der Waals surface area contributed by atoms with E-state index in [0.29, 0.717) is 12.1 Å². The highest BCUT2D eigenvalue weighted by Gasteiger charge is 2.62. The Morgan fingerprint density at radius 1 is 0.684 bits per heavy atom. The lowest BCUT2D eigenvalue weighted by Gasteiger charge is -2.32. The maximum atomic E-state index is 13.7. The molecule has 2 saturated heterocycles. The van der Waals surface area contributed by atoms with Crippen LogP contribution in [0.3, 0.4) is 0 Å². The smallest absolute Gasteiger partial charge is 0.240 e. The zero-order chi connectivity index (χ0) is 26.9. The summed E-state index contributed by atoms with van der Waals surface area (Å²) in [6.07, 6.45) is 14.1. The fourth-order valence-electron chi connectivity index (χ4n) is 6.45. The minimum absolute atomic E-state index is 0.0588. The number of amides is 3. The molecule has 0 aliphatic carbocycles. The van der Waals surface area contributed by atoms with E-state index in [1.165, 1.54) is 56.3 Å². The van der Waals surface area contributed by atoms with Gasteiger partial charge in [0.1, 0.15) is 0 Å². The van der Waals surface area contributed by atoms with Crippen LogP contribution in [0.1, 0.15) is 103 Å². The predicted molar refractivity (Wildman–Crippen MR) is 152 cm³/mol. The van der Waals surface area contributed by atoms with E-state index < -0.39 is 17.9 Å². The highest BCUT2D eigenvalue weighted by Crippen LogP contribution is 2.50. The fraction of sp³-hybridized carbons (Fsp3) is 0.545. The number of carbonyl (C=O) groups excluding carboxylic acids is 3.